The van der Waals surface area contributed by atoms with E-state index in [0.717, 1.165) is 36.4 Å². The molecule has 4 rings (SSSR count). The molecule has 1 fully saturated rings. The second-order valence-electron chi connectivity index (χ2n) is 7.89. The van der Waals surface area contributed by atoms with Crippen LogP contribution in [0.15, 0.2) is 35.7 Å². The van der Waals surface area contributed by atoms with Crippen LogP contribution in [0.4, 0.5) is 11.4 Å². The molecule has 1 saturated heterocycles. The second kappa shape index (κ2) is 8.47. The zero-order valence-corrected chi connectivity index (χ0v) is 18.1. The van der Waals surface area contributed by atoms with Gasteiger partial charge in [-0.25, -0.2) is 0 Å². The molecule has 0 radical (unpaired) electrons. The summed E-state index contributed by atoms with van der Waals surface area (Å²) in [5, 5.41) is 4.87. The molecule has 0 bridgehead atoms. The maximum absolute atomic E-state index is 13.3. The fourth-order valence-electron chi connectivity index (χ4n) is 4.11. The molecule has 158 valence electrons. The highest BCUT2D eigenvalue weighted by Crippen LogP contribution is 2.40. The number of hydrogen-bond acceptors (Lipinski definition) is 5. The summed E-state index contributed by atoms with van der Waals surface area (Å²) in [6.07, 6.45) is 2.81. The van der Waals surface area contributed by atoms with Gasteiger partial charge in [-0.1, -0.05) is 6.07 Å². The first-order valence-electron chi connectivity index (χ1n) is 10.2. The van der Waals surface area contributed by atoms with E-state index in [4.69, 9.17) is 0 Å². The lowest BCUT2D eigenvalue weighted by Gasteiger charge is -2.45. The second-order valence-corrected chi connectivity index (χ2v) is 8.92. The van der Waals surface area contributed by atoms with Crippen molar-refractivity contribution in [3.8, 4) is 0 Å². The lowest BCUT2D eigenvalue weighted by Crippen LogP contribution is -2.57. The molecule has 3 amide bonds. The number of nitrogens with zero attached hydrogens (tertiary/aromatic N) is 3. The van der Waals surface area contributed by atoms with Crippen molar-refractivity contribution in [2.45, 2.75) is 31.8 Å². The molecular formula is C22H26N4O3S. The van der Waals surface area contributed by atoms with E-state index >= 15 is 0 Å². The van der Waals surface area contributed by atoms with Gasteiger partial charge in [0.15, 0.2) is 0 Å². The first kappa shape index (κ1) is 20.4. The standard InChI is InChI=1S/C22H26N4O3S/c1-24(2)21(28)15-8-9-17-19(12-15)26(22(29)18-7-3-4-10-25(17)18)14-20(27)23-13-16-6-5-11-30-16/h5-6,8-9,11-12,18H,3-4,7,10,13-14H2,1-2H3,(H,23,27)/t18-/m0/s1. The molecular weight excluding hydrogens is 400 g/mol. The van der Waals surface area contributed by atoms with Crippen LogP contribution in [0.25, 0.3) is 0 Å². The van der Waals surface area contributed by atoms with Gasteiger partial charge < -0.3 is 15.1 Å². The van der Waals surface area contributed by atoms with Gasteiger partial charge in [0.1, 0.15) is 12.6 Å². The van der Waals surface area contributed by atoms with Crippen LogP contribution in [0, 0.1) is 0 Å². The predicted molar refractivity (Wildman–Crippen MR) is 118 cm³/mol. The van der Waals surface area contributed by atoms with E-state index in [9.17, 15) is 14.4 Å². The van der Waals surface area contributed by atoms with E-state index in [-0.39, 0.29) is 30.3 Å². The third-order valence-corrected chi connectivity index (χ3v) is 6.50. The number of rotatable bonds is 5. The first-order valence-corrected chi connectivity index (χ1v) is 11.1. The largest absolute Gasteiger partial charge is 0.358 e. The van der Waals surface area contributed by atoms with Gasteiger partial charge in [-0.3, -0.25) is 19.3 Å². The minimum absolute atomic E-state index is 0.0544. The average Bonchev–Trinajstić information content (AvgIpc) is 3.28. The molecule has 1 N–H and O–H groups in total. The summed E-state index contributed by atoms with van der Waals surface area (Å²) in [6, 6.07) is 9.12. The molecule has 0 aliphatic carbocycles. The summed E-state index contributed by atoms with van der Waals surface area (Å²) in [5.74, 6) is -0.410. The van der Waals surface area contributed by atoms with Gasteiger partial charge in [-0.15, -0.1) is 11.3 Å². The summed E-state index contributed by atoms with van der Waals surface area (Å²) in [7, 11) is 3.40. The molecule has 30 heavy (non-hydrogen) atoms. The zero-order chi connectivity index (χ0) is 21.3. The monoisotopic (exact) mass is 426 g/mol. The molecule has 3 heterocycles. The Morgan fingerprint density at radius 2 is 2.03 bits per heavy atom. The number of benzene rings is 1. The number of nitrogens with one attached hydrogen (secondary N) is 1. The van der Waals surface area contributed by atoms with Crippen LogP contribution < -0.4 is 15.1 Å². The minimum atomic E-state index is -0.244. The smallest absolute Gasteiger partial charge is 0.253 e. The van der Waals surface area contributed by atoms with Gasteiger partial charge in [0, 0.05) is 31.1 Å². The molecule has 2 aromatic rings. The number of hydrogen-bond donors (Lipinski definition) is 1. The van der Waals surface area contributed by atoms with Crippen molar-refractivity contribution in [3.05, 3.63) is 46.2 Å². The summed E-state index contributed by atoms with van der Waals surface area (Å²) in [6.45, 7) is 1.20. The normalized spacial score (nSPS) is 17.9. The van der Waals surface area contributed by atoms with Crippen LogP contribution in [0.1, 0.15) is 34.5 Å². The van der Waals surface area contributed by atoms with Crippen molar-refractivity contribution in [1.82, 2.24) is 10.2 Å². The number of thiophene rings is 1. The summed E-state index contributed by atoms with van der Waals surface area (Å²) in [5.41, 5.74) is 2.06. The van der Waals surface area contributed by atoms with Gasteiger partial charge in [0.25, 0.3) is 5.91 Å². The number of anilines is 2. The van der Waals surface area contributed by atoms with Crippen LogP contribution in [0.3, 0.4) is 0 Å². The van der Waals surface area contributed by atoms with Crippen molar-refractivity contribution in [2.75, 3.05) is 37.0 Å². The Balaban J connectivity index is 1.63. The van der Waals surface area contributed by atoms with Gasteiger partial charge in [-0.05, 0) is 48.9 Å². The zero-order valence-electron chi connectivity index (χ0n) is 17.3. The molecule has 2 aliphatic heterocycles. The van der Waals surface area contributed by atoms with E-state index in [1.54, 1.807) is 42.5 Å². The first-order chi connectivity index (χ1) is 14.5. The molecule has 2 aliphatic rings. The summed E-state index contributed by atoms with van der Waals surface area (Å²) in [4.78, 5) is 44.7. The highest BCUT2D eigenvalue weighted by atomic mass is 32.1. The van der Waals surface area contributed by atoms with Crippen LogP contribution in [-0.4, -0.2) is 55.8 Å². The van der Waals surface area contributed by atoms with E-state index in [1.807, 2.05) is 23.6 Å². The van der Waals surface area contributed by atoms with Crippen molar-refractivity contribution < 1.29 is 14.4 Å². The van der Waals surface area contributed by atoms with Crippen LogP contribution in [0.2, 0.25) is 0 Å². The number of piperidine rings is 1. The topological polar surface area (TPSA) is 73.0 Å². The van der Waals surface area contributed by atoms with E-state index in [2.05, 4.69) is 10.2 Å². The molecule has 1 aromatic carbocycles. The van der Waals surface area contributed by atoms with Crippen molar-refractivity contribution in [3.63, 3.8) is 0 Å². The Morgan fingerprint density at radius 3 is 2.77 bits per heavy atom. The SMILES string of the molecule is CN(C)C(=O)c1ccc2c(c1)N(CC(=O)NCc1cccs1)C(=O)[C@@H]1CCCCN21. The van der Waals surface area contributed by atoms with Gasteiger partial charge in [-0.2, -0.15) is 0 Å². The highest BCUT2D eigenvalue weighted by molar-refractivity contribution is 7.09. The Labute approximate surface area is 180 Å². The lowest BCUT2D eigenvalue weighted by molar-refractivity contribution is -0.125. The maximum atomic E-state index is 13.3. The predicted octanol–water partition coefficient (Wildman–Crippen LogP) is 2.47. The Morgan fingerprint density at radius 1 is 1.20 bits per heavy atom. The molecule has 8 heteroatoms. The summed E-state index contributed by atoms with van der Waals surface area (Å²) < 4.78 is 0. The lowest BCUT2D eigenvalue weighted by atomic mass is 9.95. The summed E-state index contributed by atoms with van der Waals surface area (Å²) >= 11 is 1.58. The van der Waals surface area contributed by atoms with Gasteiger partial charge >= 0.3 is 0 Å². The minimum Gasteiger partial charge on any atom is -0.358 e. The maximum Gasteiger partial charge on any atom is 0.253 e. The third-order valence-electron chi connectivity index (χ3n) is 5.62. The average molecular weight is 427 g/mol. The van der Waals surface area contributed by atoms with Crippen LogP contribution in [-0.2, 0) is 16.1 Å². The molecule has 0 unspecified atom stereocenters. The van der Waals surface area contributed by atoms with E-state index < -0.39 is 0 Å². The molecule has 1 aromatic heterocycles. The molecule has 7 nitrogen and oxygen atoms in total. The van der Waals surface area contributed by atoms with E-state index in [0.29, 0.717) is 17.8 Å². The molecule has 0 spiro atoms. The fourth-order valence-corrected chi connectivity index (χ4v) is 4.75. The van der Waals surface area contributed by atoms with Crippen molar-refractivity contribution in [2.24, 2.45) is 0 Å². The van der Waals surface area contributed by atoms with E-state index in [1.165, 1.54) is 4.90 Å². The third kappa shape index (κ3) is 3.92. The van der Waals surface area contributed by atoms with Gasteiger partial charge in [0.05, 0.1) is 17.9 Å². The van der Waals surface area contributed by atoms with Crippen LogP contribution >= 0.6 is 11.3 Å². The number of amides is 3. The highest BCUT2D eigenvalue weighted by Gasteiger charge is 2.40. The van der Waals surface area contributed by atoms with Crippen LogP contribution in [0.5, 0.6) is 0 Å². The van der Waals surface area contributed by atoms with Gasteiger partial charge in [0.2, 0.25) is 11.8 Å². The van der Waals surface area contributed by atoms with Crippen molar-refractivity contribution in [1.29, 1.82) is 0 Å². The Hall–Kier alpha value is -2.87. The number of carbonyl (C=O) groups is 3. The van der Waals surface area contributed by atoms with Crippen molar-refractivity contribution >= 4 is 40.4 Å². The number of carbonyl (C=O) groups excluding carboxylic acids is 3. The molecule has 0 saturated carbocycles. The quantitative estimate of drug-likeness (QED) is 0.797. The Kier molecular flexibility index (Phi) is 5.76. The number of fused-ring (bicyclic) bond motifs is 3. The Bertz CT molecular complexity index is 957. The molecule has 1 atom stereocenters. The fraction of sp³-hybridized carbons (Fsp3) is 0.409.